The van der Waals surface area contributed by atoms with Gasteiger partial charge in [0.15, 0.2) is 0 Å². The van der Waals surface area contributed by atoms with Crippen LogP contribution < -0.4 is 5.32 Å². The highest BCUT2D eigenvalue weighted by Gasteiger charge is 2.32. The van der Waals surface area contributed by atoms with Crippen LogP contribution in [0, 0.1) is 5.92 Å². The molecule has 1 saturated heterocycles. The van der Waals surface area contributed by atoms with Crippen LogP contribution in [-0.2, 0) is 11.3 Å². The van der Waals surface area contributed by atoms with Crippen molar-refractivity contribution in [1.29, 1.82) is 0 Å². The summed E-state index contributed by atoms with van der Waals surface area (Å²) in [6, 6.07) is 15.1. The van der Waals surface area contributed by atoms with Crippen LogP contribution in [0.15, 0.2) is 48.5 Å². The summed E-state index contributed by atoms with van der Waals surface area (Å²) in [5.74, 6) is 1.10. The Labute approximate surface area is 175 Å². The molecule has 28 heavy (non-hydrogen) atoms. The summed E-state index contributed by atoms with van der Waals surface area (Å²) in [6.45, 7) is 5.50. The molecular formula is C22H25ClN2O2S. The first kappa shape index (κ1) is 20.7. The largest absolute Gasteiger partial charge is 0.352 e. The SMILES string of the molecule is CC(C)CCNC(=O)c1ccc([C@H]2SCC(=O)N2Cc2ccc(Cl)cc2)cc1. The first-order valence-electron chi connectivity index (χ1n) is 9.47. The second kappa shape index (κ2) is 9.48. The van der Waals surface area contributed by atoms with Gasteiger partial charge in [-0.05, 0) is 47.7 Å². The zero-order valence-electron chi connectivity index (χ0n) is 16.2. The number of rotatable bonds is 7. The van der Waals surface area contributed by atoms with Gasteiger partial charge in [-0.3, -0.25) is 9.59 Å². The van der Waals surface area contributed by atoms with E-state index < -0.39 is 0 Å². The van der Waals surface area contributed by atoms with Crippen molar-refractivity contribution in [3.8, 4) is 0 Å². The molecule has 3 rings (SSSR count). The van der Waals surface area contributed by atoms with Crippen molar-refractivity contribution < 1.29 is 9.59 Å². The molecule has 1 fully saturated rings. The Morgan fingerprint density at radius 3 is 2.50 bits per heavy atom. The Hall–Kier alpha value is -1.98. The molecule has 1 atom stereocenters. The van der Waals surface area contributed by atoms with Gasteiger partial charge in [0.1, 0.15) is 5.37 Å². The van der Waals surface area contributed by atoms with Crippen molar-refractivity contribution in [2.24, 2.45) is 5.92 Å². The fourth-order valence-corrected chi connectivity index (χ4v) is 4.38. The van der Waals surface area contributed by atoms with E-state index in [9.17, 15) is 9.59 Å². The maximum absolute atomic E-state index is 12.4. The minimum atomic E-state index is -0.0552. The molecule has 6 heteroatoms. The van der Waals surface area contributed by atoms with Gasteiger partial charge in [0.05, 0.1) is 5.75 Å². The summed E-state index contributed by atoms with van der Waals surface area (Å²) in [4.78, 5) is 26.5. The molecule has 0 saturated carbocycles. The number of carbonyl (C=O) groups excluding carboxylic acids is 2. The normalized spacial score (nSPS) is 16.6. The van der Waals surface area contributed by atoms with Crippen LogP contribution in [0.25, 0.3) is 0 Å². The number of carbonyl (C=O) groups is 2. The van der Waals surface area contributed by atoms with E-state index in [2.05, 4.69) is 19.2 Å². The van der Waals surface area contributed by atoms with E-state index in [0.717, 1.165) is 17.5 Å². The highest BCUT2D eigenvalue weighted by atomic mass is 35.5. The van der Waals surface area contributed by atoms with Gasteiger partial charge in [-0.2, -0.15) is 0 Å². The molecular weight excluding hydrogens is 392 g/mol. The summed E-state index contributed by atoms with van der Waals surface area (Å²) in [7, 11) is 0. The number of nitrogens with zero attached hydrogens (tertiary/aromatic N) is 1. The molecule has 1 aliphatic heterocycles. The lowest BCUT2D eigenvalue weighted by atomic mass is 10.1. The van der Waals surface area contributed by atoms with Crippen LogP contribution in [-0.4, -0.2) is 29.0 Å². The van der Waals surface area contributed by atoms with Crippen molar-refractivity contribution >= 4 is 35.2 Å². The van der Waals surface area contributed by atoms with Gasteiger partial charge in [-0.1, -0.05) is 49.7 Å². The molecule has 0 spiro atoms. The van der Waals surface area contributed by atoms with Gasteiger partial charge in [-0.25, -0.2) is 0 Å². The van der Waals surface area contributed by atoms with Crippen LogP contribution in [0.1, 0.15) is 47.1 Å². The Morgan fingerprint density at radius 1 is 1.18 bits per heavy atom. The van der Waals surface area contributed by atoms with E-state index in [4.69, 9.17) is 11.6 Å². The molecule has 148 valence electrons. The Morgan fingerprint density at radius 2 is 1.86 bits per heavy atom. The maximum Gasteiger partial charge on any atom is 0.251 e. The number of amides is 2. The van der Waals surface area contributed by atoms with E-state index in [0.29, 0.717) is 35.3 Å². The fourth-order valence-electron chi connectivity index (χ4n) is 3.06. The molecule has 2 amide bonds. The average molecular weight is 417 g/mol. The molecule has 1 heterocycles. The summed E-state index contributed by atoms with van der Waals surface area (Å²) in [5.41, 5.74) is 2.72. The van der Waals surface area contributed by atoms with Gasteiger partial charge >= 0.3 is 0 Å². The third kappa shape index (κ3) is 5.30. The second-order valence-corrected chi connectivity index (χ2v) is 8.88. The highest BCUT2D eigenvalue weighted by molar-refractivity contribution is 8.00. The van der Waals surface area contributed by atoms with Crippen molar-refractivity contribution in [1.82, 2.24) is 10.2 Å². The van der Waals surface area contributed by atoms with Gasteiger partial charge in [0.2, 0.25) is 5.91 Å². The van der Waals surface area contributed by atoms with E-state index in [-0.39, 0.29) is 17.2 Å². The minimum absolute atomic E-state index is 0.0405. The van der Waals surface area contributed by atoms with Crippen molar-refractivity contribution in [2.45, 2.75) is 32.2 Å². The number of halogens is 1. The fraction of sp³-hybridized carbons (Fsp3) is 0.364. The molecule has 1 N–H and O–H groups in total. The van der Waals surface area contributed by atoms with Crippen LogP contribution in [0.2, 0.25) is 5.02 Å². The molecule has 0 bridgehead atoms. The van der Waals surface area contributed by atoms with Crippen molar-refractivity contribution in [3.63, 3.8) is 0 Å². The molecule has 0 aromatic heterocycles. The molecule has 0 radical (unpaired) electrons. The molecule has 1 aliphatic rings. The van der Waals surface area contributed by atoms with Crippen LogP contribution in [0.5, 0.6) is 0 Å². The quantitative estimate of drug-likeness (QED) is 0.699. The average Bonchev–Trinajstić information content (AvgIpc) is 3.04. The Kier molecular flexibility index (Phi) is 7.03. The van der Waals surface area contributed by atoms with E-state index in [1.807, 2.05) is 53.4 Å². The lowest BCUT2D eigenvalue weighted by molar-refractivity contribution is -0.128. The van der Waals surface area contributed by atoms with Gasteiger partial charge < -0.3 is 10.2 Å². The van der Waals surface area contributed by atoms with E-state index in [1.54, 1.807) is 11.8 Å². The minimum Gasteiger partial charge on any atom is -0.352 e. The highest BCUT2D eigenvalue weighted by Crippen LogP contribution is 2.39. The smallest absolute Gasteiger partial charge is 0.251 e. The van der Waals surface area contributed by atoms with Crippen molar-refractivity contribution in [3.05, 3.63) is 70.2 Å². The zero-order chi connectivity index (χ0) is 20.1. The lowest BCUT2D eigenvalue weighted by Crippen LogP contribution is -2.28. The van der Waals surface area contributed by atoms with E-state index >= 15 is 0 Å². The summed E-state index contributed by atoms with van der Waals surface area (Å²) in [6.07, 6.45) is 0.963. The number of nitrogens with one attached hydrogen (secondary N) is 1. The van der Waals surface area contributed by atoms with Gasteiger partial charge in [-0.15, -0.1) is 11.8 Å². The number of thioether (sulfide) groups is 1. The first-order chi connectivity index (χ1) is 13.4. The monoisotopic (exact) mass is 416 g/mol. The number of hydrogen-bond acceptors (Lipinski definition) is 3. The van der Waals surface area contributed by atoms with Crippen LogP contribution >= 0.6 is 23.4 Å². The number of benzene rings is 2. The summed E-state index contributed by atoms with van der Waals surface area (Å²) in [5, 5.41) is 3.60. The first-order valence-corrected chi connectivity index (χ1v) is 10.9. The van der Waals surface area contributed by atoms with E-state index in [1.165, 1.54) is 0 Å². The predicted octanol–water partition coefficient (Wildman–Crippen LogP) is 4.89. The standard InChI is InChI=1S/C22H25ClN2O2S/c1-15(2)11-12-24-21(27)17-5-7-18(8-6-17)22-25(20(26)14-28-22)13-16-3-9-19(23)10-4-16/h3-10,15,22H,11-14H2,1-2H3,(H,24,27)/t22-/m1/s1. The number of hydrogen-bond donors (Lipinski definition) is 1. The molecule has 2 aromatic carbocycles. The lowest BCUT2D eigenvalue weighted by Gasteiger charge is -2.24. The molecule has 0 unspecified atom stereocenters. The Balaban J connectivity index is 1.66. The molecule has 0 aliphatic carbocycles. The van der Waals surface area contributed by atoms with Gasteiger partial charge in [0, 0.05) is 23.7 Å². The Bertz CT molecular complexity index is 821. The predicted molar refractivity (Wildman–Crippen MR) is 115 cm³/mol. The zero-order valence-corrected chi connectivity index (χ0v) is 17.7. The molecule has 4 nitrogen and oxygen atoms in total. The topological polar surface area (TPSA) is 49.4 Å². The maximum atomic E-state index is 12.4. The molecule has 2 aromatic rings. The summed E-state index contributed by atoms with van der Waals surface area (Å²) < 4.78 is 0. The second-order valence-electron chi connectivity index (χ2n) is 7.37. The van der Waals surface area contributed by atoms with Crippen molar-refractivity contribution in [2.75, 3.05) is 12.3 Å². The van der Waals surface area contributed by atoms with Crippen LogP contribution in [0.3, 0.4) is 0 Å². The summed E-state index contributed by atoms with van der Waals surface area (Å²) >= 11 is 7.57. The van der Waals surface area contributed by atoms with Gasteiger partial charge in [0.25, 0.3) is 5.91 Å². The third-order valence-electron chi connectivity index (χ3n) is 4.70. The third-order valence-corrected chi connectivity index (χ3v) is 6.21. The van der Waals surface area contributed by atoms with Crippen LogP contribution in [0.4, 0.5) is 0 Å².